The summed E-state index contributed by atoms with van der Waals surface area (Å²) in [7, 11) is 2.01. The van der Waals surface area contributed by atoms with Crippen LogP contribution in [0.15, 0.2) is 21.2 Å². The lowest BCUT2D eigenvalue weighted by Crippen LogP contribution is -2.17. The number of pyridine rings is 1. The Morgan fingerprint density at radius 1 is 1.50 bits per heavy atom. The Morgan fingerprint density at radius 2 is 2.17 bits per heavy atom. The molecule has 0 bridgehead atoms. The molecule has 12 heavy (non-hydrogen) atoms. The van der Waals surface area contributed by atoms with Crippen molar-refractivity contribution in [2.75, 3.05) is 18.5 Å². The van der Waals surface area contributed by atoms with Crippen LogP contribution in [-0.4, -0.2) is 18.6 Å². The summed E-state index contributed by atoms with van der Waals surface area (Å²) in [4.78, 5) is 6.36. The lowest BCUT2D eigenvalue weighted by Gasteiger charge is -2.16. The summed E-state index contributed by atoms with van der Waals surface area (Å²) < 4.78 is 2.00. The lowest BCUT2D eigenvalue weighted by molar-refractivity contribution is 0.932. The van der Waals surface area contributed by atoms with E-state index < -0.39 is 0 Å². The van der Waals surface area contributed by atoms with Gasteiger partial charge in [-0.25, -0.2) is 4.98 Å². The van der Waals surface area contributed by atoms with Gasteiger partial charge >= 0.3 is 0 Å². The maximum atomic E-state index is 4.28. The Hall–Kier alpha value is -0.0900. The molecule has 0 amide bonds. The Labute approximate surface area is 89.2 Å². The van der Waals surface area contributed by atoms with Gasteiger partial charge in [0, 0.05) is 24.3 Å². The van der Waals surface area contributed by atoms with Gasteiger partial charge in [0.25, 0.3) is 0 Å². The van der Waals surface area contributed by atoms with Crippen molar-refractivity contribution in [1.29, 1.82) is 0 Å². The average Bonchev–Trinajstić information content (AvgIpc) is 2.03. The SMILES string of the molecule is CCN(C)c1ncc(Br)cc1Br. The highest BCUT2D eigenvalue weighted by molar-refractivity contribution is 9.11. The van der Waals surface area contributed by atoms with Crippen LogP contribution in [0, 0.1) is 0 Å². The van der Waals surface area contributed by atoms with Crippen molar-refractivity contribution in [3.8, 4) is 0 Å². The third-order valence-electron chi connectivity index (χ3n) is 1.62. The summed E-state index contributed by atoms with van der Waals surface area (Å²) in [5, 5.41) is 0. The second kappa shape index (κ2) is 4.23. The van der Waals surface area contributed by atoms with Crippen molar-refractivity contribution in [1.82, 2.24) is 4.98 Å². The molecule has 4 heteroatoms. The van der Waals surface area contributed by atoms with E-state index in [-0.39, 0.29) is 0 Å². The smallest absolute Gasteiger partial charge is 0.142 e. The van der Waals surface area contributed by atoms with Crippen LogP contribution in [0.3, 0.4) is 0 Å². The van der Waals surface area contributed by atoms with Crippen molar-refractivity contribution < 1.29 is 0 Å². The first-order valence-corrected chi connectivity index (χ1v) is 5.26. The Morgan fingerprint density at radius 3 is 2.67 bits per heavy atom. The van der Waals surface area contributed by atoms with Crippen LogP contribution >= 0.6 is 31.9 Å². The van der Waals surface area contributed by atoms with Gasteiger partial charge in [-0.15, -0.1) is 0 Å². The van der Waals surface area contributed by atoms with Gasteiger partial charge in [-0.05, 0) is 44.8 Å². The van der Waals surface area contributed by atoms with Gasteiger partial charge in [0.2, 0.25) is 0 Å². The summed E-state index contributed by atoms with van der Waals surface area (Å²) in [6.45, 7) is 3.05. The van der Waals surface area contributed by atoms with Gasteiger partial charge in [0.15, 0.2) is 0 Å². The Bertz CT molecular complexity index is 276. The zero-order valence-corrected chi connectivity index (χ0v) is 10.2. The molecular weight excluding hydrogens is 284 g/mol. The molecule has 0 aliphatic rings. The molecule has 1 rings (SSSR count). The number of halogens is 2. The van der Waals surface area contributed by atoms with E-state index in [0.717, 1.165) is 21.3 Å². The van der Waals surface area contributed by atoms with E-state index in [1.165, 1.54) is 0 Å². The predicted molar refractivity (Wildman–Crippen MR) is 58.6 cm³/mol. The van der Waals surface area contributed by atoms with Crippen LogP contribution in [0.4, 0.5) is 5.82 Å². The highest BCUT2D eigenvalue weighted by Crippen LogP contribution is 2.25. The molecule has 0 N–H and O–H groups in total. The highest BCUT2D eigenvalue weighted by Gasteiger charge is 2.04. The monoisotopic (exact) mass is 292 g/mol. The molecule has 1 aromatic rings. The van der Waals surface area contributed by atoms with Crippen molar-refractivity contribution in [3.63, 3.8) is 0 Å². The van der Waals surface area contributed by atoms with Crippen LogP contribution in [0.5, 0.6) is 0 Å². The summed E-state index contributed by atoms with van der Waals surface area (Å²) in [6, 6.07) is 1.99. The fourth-order valence-electron chi connectivity index (χ4n) is 0.838. The van der Waals surface area contributed by atoms with Gasteiger partial charge in [0.05, 0.1) is 4.47 Å². The van der Waals surface area contributed by atoms with Crippen molar-refractivity contribution >= 4 is 37.7 Å². The number of aromatic nitrogens is 1. The van der Waals surface area contributed by atoms with E-state index in [0.29, 0.717) is 0 Å². The van der Waals surface area contributed by atoms with Crippen LogP contribution in [0.1, 0.15) is 6.92 Å². The molecule has 0 saturated carbocycles. The van der Waals surface area contributed by atoms with Crippen LogP contribution in [0.25, 0.3) is 0 Å². The van der Waals surface area contributed by atoms with E-state index in [1.807, 2.05) is 13.1 Å². The molecule has 0 radical (unpaired) electrons. The molecule has 0 aliphatic heterocycles. The zero-order valence-electron chi connectivity index (χ0n) is 7.01. The Balaban J connectivity index is 3.01. The minimum Gasteiger partial charge on any atom is -0.359 e. The molecule has 1 heterocycles. The van der Waals surface area contributed by atoms with Gasteiger partial charge in [-0.2, -0.15) is 0 Å². The van der Waals surface area contributed by atoms with E-state index >= 15 is 0 Å². The van der Waals surface area contributed by atoms with Crippen LogP contribution < -0.4 is 4.90 Å². The minimum atomic E-state index is 0.952. The van der Waals surface area contributed by atoms with E-state index in [4.69, 9.17) is 0 Å². The van der Waals surface area contributed by atoms with Crippen LogP contribution in [0.2, 0.25) is 0 Å². The van der Waals surface area contributed by atoms with Crippen molar-refractivity contribution in [2.45, 2.75) is 6.92 Å². The third kappa shape index (κ3) is 2.20. The summed E-state index contributed by atoms with van der Waals surface area (Å²) in [5.41, 5.74) is 0. The van der Waals surface area contributed by atoms with Crippen molar-refractivity contribution in [3.05, 3.63) is 21.2 Å². The fraction of sp³-hybridized carbons (Fsp3) is 0.375. The number of anilines is 1. The molecule has 2 nitrogen and oxygen atoms in total. The maximum absolute atomic E-state index is 4.28. The number of nitrogens with zero attached hydrogens (tertiary/aromatic N) is 2. The molecule has 1 aromatic heterocycles. The van der Waals surface area contributed by atoms with E-state index in [2.05, 4.69) is 48.7 Å². The van der Waals surface area contributed by atoms with Gasteiger partial charge in [-0.1, -0.05) is 0 Å². The van der Waals surface area contributed by atoms with Crippen LogP contribution in [-0.2, 0) is 0 Å². The van der Waals surface area contributed by atoms with E-state index in [1.54, 1.807) is 6.20 Å². The number of rotatable bonds is 2. The Kier molecular flexibility index (Phi) is 3.53. The second-order valence-electron chi connectivity index (χ2n) is 2.47. The first-order chi connectivity index (χ1) is 5.65. The normalized spacial score (nSPS) is 10.0. The van der Waals surface area contributed by atoms with E-state index in [9.17, 15) is 0 Å². The van der Waals surface area contributed by atoms with Gasteiger partial charge in [0.1, 0.15) is 5.82 Å². The fourth-order valence-corrected chi connectivity index (χ4v) is 2.13. The van der Waals surface area contributed by atoms with Gasteiger partial charge in [-0.3, -0.25) is 0 Å². The summed E-state index contributed by atoms with van der Waals surface area (Å²) >= 11 is 6.81. The standard InChI is InChI=1S/C8H10Br2N2/c1-3-12(2)8-7(10)4-6(9)5-11-8/h4-5H,3H2,1-2H3. The summed E-state index contributed by atoms with van der Waals surface area (Å²) in [6.07, 6.45) is 1.80. The lowest BCUT2D eigenvalue weighted by atomic mass is 10.4. The van der Waals surface area contributed by atoms with Gasteiger partial charge < -0.3 is 4.90 Å². The largest absolute Gasteiger partial charge is 0.359 e. The molecule has 0 fully saturated rings. The molecule has 0 aromatic carbocycles. The highest BCUT2D eigenvalue weighted by atomic mass is 79.9. The molecule has 0 aliphatic carbocycles. The maximum Gasteiger partial charge on any atom is 0.142 e. The molecule has 0 atom stereocenters. The molecular formula is C8H10Br2N2. The third-order valence-corrected chi connectivity index (χ3v) is 2.64. The minimum absolute atomic E-state index is 0.952. The predicted octanol–water partition coefficient (Wildman–Crippen LogP) is 3.06. The first-order valence-electron chi connectivity index (χ1n) is 3.67. The number of hydrogen-bond acceptors (Lipinski definition) is 2. The second-order valence-corrected chi connectivity index (χ2v) is 4.24. The summed E-state index contributed by atoms with van der Waals surface area (Å²) in [5.74, 6) is 0.973. The number of hydrogen-bond donors (Lipinski definition) is 0. The zero-order chi connectivity index (χ0) is 9.14. The first kappa shape index (κ1) is 9.99. The quantitative estimate of drug-likeness (QED) is 0.833. The molecule has 0 unspecified atom stereocenters. The molecule has 0 spiro atoms. The molecule has 66 valence electrons. The van der Waals surface area contributed by atoms with Crippen molar-refractivity contribution in [2.24, 2.45) is 0 Å². The molecule has 0 saturated heterocycles. The topological polar surface area (TPSA) is 16.1 Å². The average molecular weight is 294 g/mol.